The van der Waals surface area contributed by atoms with Gasteiger partial charge in [0.2, 0.25) is 5.91 Å². The van der Waals surface area contributed by atoms with Crippen LogP contribution in [0.15, 0.2) is 0 Å². The predicted molar refractivity (Wildman–Crippen MR) is 144 cm³/mol. The Labute approximate surface area is 267 Å². The van der Waals surface area contributed by atoms with Crippen LogP contribution in [0.4, 0.5) is 0 Å². The fourth-order valence-corrected chi connectivity index (χ4v) is 5.88. The molecular formula is C26H45NO20. The van der Waals surface area contributed by atoms with Gasteiger partial charge >= 0.3 is 0 Å². The second-order valence-corrected chi connectivity index (χ2v) is 11.9. The van der Waals surface area contributed by atoms with Gasteiger partial charge in [-0.15, -0.1) is 0 Å². The van der Waals surface area contributed by atoms with Crippen LogP contribution < -0.4 is 5.32 Å². The van der Waals surface area contributed by atoms with Crippen molar-refractivity contribution in [2.24, 2.45) is 0 Å². The first-order valence-electron chi connectivity index (χ1n) is 15.0. The second-order valence-electron chi connectivity index (χ2n) is 11.9. The highest BCUT2D eigenvalue weighted by molar-refractivity contribution is 5.73. The van der Waals surface area contributed by atoms with E-state index in [-0.39, 0.29) is 0 Å². The van der Waals surface area contributed by atoms with Crippen molar-refractivity contribution < 1.29 is 99.2 Å². The van der Waals surface area contributed by atoms with Crippen LogP contribution >= 0.6 is 0 Å². The van der Waals surface area contributed by atoms with Gasteiger partial charge < -0.3 is 99.8 Å². The summed E-state index contributed by atoms with van der Waals surface area (Å²) in [5.41, 5.74) is 0. The number of nitrogens with one attached hydrogen (secondary N) is 1. The van der Waals surface area contributed by atoms with Gasteiger partial charge in [-0.25, -0.2) is 0 Å². The molecule has 0 aliphatic carbocycles. The summed E-state index contributed by atoms with van der Waals surface area (Å²) in [6.07, 6.45) is -32.3. The first kappa shape index (κ1) is 38.5. The summed E-state index contributed by atoms with van der Waals surface area (Å²) in [5.74, 6) is -0.708. The molecule has 0 bridgehead atoms. The van der Waals surface area contributed by atoms with E-state index in [1.807, 2.05) is 0 Å². The lowest BCUT2D eigenvalue weighted by Crippen LogP contribution is -2.69. The Morgan fingerprint density at radius 2 is 1.00 bits per heavy atom. The van der Waals surface area contributed by atoms with E-state index in [2.05, 4.69) is 5.32 Å². The molecule has 1 amide bonds. The minimum atomic E-state index is -1.95. The largest absolute Gasteiger partial charge is 0.394 e. The minimum absolute atomic E-state index is 0.708. The molecule has 4 aliphatic heterocycles. The molecule has 4 rings (SSSR count). The summed E-state index contributed by atoms with van der Waals surface area (Å²) in [6, 6.07) is -1.53. The summed E-state index contributed by atoms with van der Waals surface area (Å²) in [5, 5.41) is 126. The molecule has 0 aromatic heterocycles. The SMILES string of the molecule is CC(=O)N[C@@H]1[C@@H](O[C@@H]2O[C@H](CO)[C@H](O)[C@H](O)[C@H]2O)[C@H](O[C@@H]2O[C@@H](C)[C@@H](O)[C@@H](O[C@@H]3O[C@H](CO)[C@@H](O)[C@H](O)[C@H]3O)[C@@H]2O)[C@@H](CO)O[C@H]1O. The lowest BCUT2D eigenvalue weighted by molar-refractivity contribution is -0.383. The summed E-state index contributed by atoms with van der Waals surface area (Å²) in [7, 11) is 0. The Kier molecular flexibility index (Phi) is 13.2. The second kappa shape index (κ2) is 16.2. The monoisotopic (exact) mass is 691 g/mol. The van der Waals surface area contributed by atoms with Gasteiger partial charge in [0, 0.05) is 6.92 Å². The Balaban J connectivity index is 1.61. The summed E-state index contributed by atoms with van der Waals surface area (Å²) in [4.78, 5) is 12.1. The standard InChI is InChI=1S/C26H45NO20/c1-6-12(32)22(47-25-18(38)16(36)14(34)9(4-29)44-25)19(39)26(41-6)45-20-10(5-30)42-23(40)11(27-7(2)31)21(20)46-24-17(37)15(35)13(33)8(3-28)43-24/h6,8-26,28-30,32-40H,3-5H2,1-2H3,(H,27,31)/t6-,8+,9+,10+,11+,12+,13-,14+,15-,16-,17+,18+,19-,20+,21+,22+,23+,24-,25-,26-/m0/s1. The molecule has 21 heteroatoms. The highest BCUT2D eigenvalue weighted by Crippen LogP contribution is 2.34. The smallest absolute Gasteiger partial charge is 0.217 e. The van der Waals surface area contributed by atoms with Crippen LogP contribution in [0.3, 0.4) is 0 Å². The van der Waals surface area contributed by atoms with Crippen molar-refractivity contribution in [2.75, 3.05) is 19.8 Å². The molecule has 20 atom stereocenters. The van der Waals surface area contributed by atoms with Gasteiger partial charge in [-0.3, -0.25) is 4.79 Å². The highest BCUT2D eigenvalue weighted by Gasteiger charge is 2.55. The van der Waals surface area contributed by atoms with Gasteiger partial charge in [-0.05, 0) is 6.92 Å². The van der Waals surface area contributed by atoms with Gasteiger partial charge in [-0.2, -0.15) is 0 Å². The molecule has 0 saturated carbocycles. The van der Waals surface area contributed by atoms with Crippen molar-refractivity contribution in [3.63, 3.8) is 0 Å². The van der Waals surface area contributed by atoms with Crippen LogP contribution in [-0.4, -0.2) is 210 Å². The van der Waals surface area contributed by atoms with E-state index in [1.165, 1.54) is 6.92 Å². The van der Waals surface area contributed by atoms with Crippen LogP contribution in [0.2, 0.25) is 0 Å². The van der Waals surface area contributed by atoms with Crippen molar-refractivity contribution in [1.29, 1.82) is 0 Å². The molecule has 4 heterocycles. The van der Waals surface area contributed by atoms with Gasteiger partial charge in [0.1, 0.15) is 91.5 Å². The maximum atomic E-state index is 12.1. The number of hydrogen-bond acceptors (Lipinski definition) is 20. The van der Waals surface area contributed by atoms with E-state index in [9.17, 15) is 66.1 Å². The molecule has 0 radical (unpaired) electrons. The Hall–Kier alpha value is -1.29. The van der Waals surface area contributed by atoms with E-state index < -0.39 is 148 Å². The number of hydrogen-bond donors (Lipinski definition) is 13. The van der Waals surface area contributed by atoms with Gasteiger partial charge in [0.25, 0.3) is 0 Å². The third-order valence-electron chi connectivity index (χ3n) is 8.57. The third-order valence-corrected chi connectivity index (χ3v) is 8.57. The quantitative estimate of drug-likeness (QED) is 0.101. The maximum Gasteiger partial charge on any atom is 0.217 e. The zero-order valence-corrected chi connectivity index (χ0v) is 25.3. The first-order valence-corrected chi connectivity index (χ1v) is 15.0. The number of carbonyl (C=O) groups is 1. The number of aliphatic hydroxyl groups excluding tert-OH is 12. The Morgan fingerprint density at radius 3 is 1.47 bits per heavy atom. The maximum absolute atomic E-state index is 12.1. The van der Waals surface area contributed by atoms with Gasteiger partial charge in [-0.1, -0.05) is 0 Å². The Morgan fingerprint density at radius 1 is 0.553 bits per heavy atom. The molecule has 274 valence electrons. The lowest BCUT2D eigenvalue weighted by Gasteiger charge is -2.50. The zero-order chi connectivity index (χ0) is 34.9. The molecule has 4 fully saturated rings. The number of ether oxygens (including phenoxy) is 7. The first-order chi connectivity index (χ1) is 22.1. The average Bonchev–Trinajstić information content (AvgIpc) is 3.04. The fourth-order valence-electron chi connectivity index (χ4n) is 5.88. The number of amides is 1. The van der Waals surface area contributed by atoms with Crippen LogP contribution in [0.1, 0.15) is 13.8 Å². The average molecular weight is 692 g/mol. The summed E-state index contributed by atoms with van der Waals surface area (Å²) in [6.45, 7) is -0.0251. The molecule has 0 aromatic rings. The van der Waals surface area contributed by atoms with Crippen molar-refractivity contribution in [1.82, 2.24) is 5.32 Å². The molecular weight excluding hydrogens is 646 g/mol. The molecule has 13 N–H and O–H groups in total. The van der Waals surface area contributed by atoms with Crippen LogP contribution in [-0.2, 0) is 38.0 Å². The van der Waals surface area contributed by atoms with Crippen LogP contribution in [0, 0.1) is 0 Å². The van der Waals surface area contributed by atoms with E-state index in [0.717, 1.165) is 6.92 Å². The fraction of sp³-hybridized carbons (Fsp3) is 0.962. The normalized spacial score (nSPS) is 51.0. The Bertz CT molecular complexity index is 1010. The molecule has 4 saturated heterocycles. The van der Waals surface area contributed by atoms with Crippen molar-refractivity contribution >= 4 is 5.91 Å². The van der Waals surface area contributed by atoms with E-state index in [1.54, 1.807) is 0 Å². The predicted octanol–water partition coefficient (Wildman–Crippen LogP) is -8.58. The van der Waals surface area contributed by atoms with Crippen molar-refractivity contribution in [3.05, 3.63) is 0 Å². The van der Waals surface area contributed by atoms with Crippen molar-refractivity contribution in [3.8, 4) is 0 Å². The summed E-state index contributed by atoms with van der Waals surface area (Å²) < 4.78 is 39.3. The molecule has 21 nitrogen and oxygen atoms in total. The van der Waals surface area contributed by atoms with Crippen molar-refractivity contribution in [2.45, 2.75) is 137 Å². The molecule has 0 aromatic carbocycles. The lowest BCUT2D eigenvalue weighted by atomic mass is 9.94. The number of aliphatic hydroxyl groups is 12. The topological polar surface area (TPSA) is 336 Å². The minimum Gasteiger partial charge on any atom is -0.394 e. The van der Waals surface area contributed by atoms with Crippen LogP contribution in [0.25, 0.3) is 0 Å². The molecule has 0 unspecified atom stereocenters. The zero-order valence-electron chi connectivity index (χ0n) is 25.3. The number of carbonyl (C=O) groups excluding carboxylic acids is 1. The van der Waals surface area contributed by atoms with Gasteiger partial charge in [0.15, 0.2) is 25.2 Å². The molecule has 47 heavy (non-hydrogen) atoms. The summed E-state index contributed by atoms with van der Waals surface area (Å²) >= 11 is 0. The third kappa shape index (κ3) is 8.04. The number of rotatable bonds is 10. The molecule has 0 spiro atoms. The van der Waals surface area contributed by atoms with E-state index in [0.29, 0.717) is 0 Å². The highest BCUT2D eigenvalue weighted by atomic mass is 16.8. The van der Waals surface area contributed by atoms with Gasteiger partial charge in [0.05, 0.1) is 25.9 Å². The van der Waals surface area contributed by atoms with Crippen LogP contribution in [0.5, 0.6) is 0 Å². The molecule has 4 aliphatic rings. The van der Waals surface area contributed by atoms with E-state index >= 15 is 0 Å². The van der Waals surface area contributed by atoms with E-state index in [4.69, 9.17) is 33.2 Å².